The summed E-state index contributed by atoms with van der Waals surface area (Å²) in [4.78, 5) is 4.00. The van der Waals surface area contributed by atoms with Gasteiger partial charge in [-0.3, -0.25) is 4.98 Å². The summed E-state index contributed by atoms with van der Waals surface area (Å²) in [5, 5.41) is 0. The first-order valence-corrected chi connectivity index (χ1v) is 5.55. The van der Waals surface area contributed by atoms with E-state index in [1.165, 1.54) is 12.0 Å². The predicted molar refractivity (Wildman–Crippen MR) is 64.7 cm³/mol. The molecule has 0 aliphatic rings. The Balaban J connectivity index is 2.05. The van der Waals surface area contributed by atoms with E-state index in [4.69, 9.17) is 4.74 Å². The molecule has 0 atom stereocenters. The fourth-order valence-electron chi connectivity index (χ4n) is 1.56. The molecule has 1 heterocycles. The Morgan fingerprint density at radius 1 is 1.06 bits per heavy atom. The van der Waals surface area contributed by atoms with Crippen LogP contribution in [0.15, 0.2) is 48.8 Å². The lowest BCUT2D eigenvalue weighted by Gasteiger charge is -2.05. The zero-order valence-electron chi connectivity index (χ0n) is 9.39. The summed E-state index contributed by atoms with van der Waals surface area (Å²) in [7, 11) is 0. The monoisotopic (exact) mass is 213 g/mol. The van der Waals surface area contributed by atoms with Gasteiger partial charge >= 0.3 is 0 Å². The molecule has 2 aromatic rings. The molecule has 2 rings (SSSR count). The number of hydrogen-bond donors (Lipinski definition) is 0. The third-order valence-corrected chi connectivity index (χ3v) is 2.33. The minimum atomic E-state index is 0.769. The van der Waals surface area contributed by atoms with E-state index < -0.39 is 0 Å². The third-order valence-electron chi connectivity index (χ3n) is 2.33. The van der Waals surface area contributed by atoms with Gasteiger partial charge in [0.05, 0.1) is 6.20 Å². The van der Waals surface area contributed by atoms with Crippen LogP contribution in [0.25, 0.3) is 0 Å². The first kappa shape index (κ1) is 10.7. The summed E-state index contributed by atoms with van der Waals surface area (Å²) < 4.78 is 5.65. The molecule has 0 amide bonds. The normalized spacial score (nSPS) is 10.1. The van der Waals surface area contributed by atoms with Gasteiger partial charge in [-0.15, -0.1) is 0 Å². The summed E-state index contributed by atoms with van der Waals surface area (Å²) >= 11 is 0. The standard InChI is InChI=1S/C14H15NO/c1-2-4-12-6-8-13(9-7-12)16-14-5-3-10-15-11-14/h3,5-11H,2,4H2,1H3. The number of hydrogen-bond acceptors (Lipinski definition) is 2. The zero-order chi connectivity index (χ0) is 11.2. The number of ether oxygens (including phenoxy) is 1. The number of aryl methyl sites for hydroxylation is 1. The van der Waals surface area contributed by atoms with Crippen LogP contribution >= 0.6 is 0 Å². The smallest absolute Gasteiger partial charge is 0.145 e. The Labute approximate surface area is 95.9 Å². The van der Waals surface area contributed by atoms with Crippen molar-refractivity contribution >= 4 is 0 Å². The van der Waals surface area contributed by atoms with E-state index in [-0.39, 0.29) is 0 Å². The topological polar surface area (TPSA) is 22.1 Å². The first-order valence-electron chi connectivity index (χ1n) is 5.55. The highest BCUT2D eigenvalue weighted by Gasteiger charge is 1.97. The molecule has 0 spiro atoms. The molecule has 1 aromatic heterocycles. The highest BCUT2D eigenvalue weighted by atomic mass is 16.5. The number of nitrogens with zero attached hydrogens (tertiary/aromatic N) is 1. The Bertz CT molecular complexity index is 422. The van der Waals surface area contributed by atoms with Gasteiger partial charge in [-0.25, -0.2) is 0 Å². The molecular formula is C14H15NO. The van der Waals surface area contributed by atoms with Crippen LogP contribution < -0.4 is 4.74 Å². The van der Waals surface area contributed by atoms with Crippen LogP contribution in [0.2, 0.25) is 0 Å². The number of pyridine rings is 1. The van der Waals surface area contributed by atoms with Crippen LogP contribution in [0.4, 0.5) is 0 Å². The first-order chi connectivity index (χ1) is 7.88. The van der Waals surface area contributed by atoms with E-state index in [9.17, 15) is 0 Å². The molecule has 0 saturated carbocycles. The van der Waals surface area contributed by atoms with Crippen molar-refractivity contribution in [1.82, 2.24) is 4.98 Å². The van der Waals surface area contributed by atoms with Gasteiger partial charge in [0.1, 0.15) is 11.5 Å². The van der Waals surface area contributed by atoms with E-state index in [1.54, 1.807) is 12.4 Å². The Hall–Kier alpha value is -1.83. The minimum Gasteiger partial charge on any atom is -0.456 e. The molecule has 0 aliphatic heterocycles. The number of rotatable bonds is 4. The fraction of sp³-hybridized carbons (Fsp3) is 0.214. The van der Waals surface area contributed by atoms with Crippen molar-refractivity contribution in [3.05, 3.63) is 54.4 Å². The second-order valence-corrected chi connectivity index (χ2v) is 3.68. The SMILES string of the molecule is CCCc1ccc(Oc2cccnc2)cc1. The van der Waals surface area contributed by atoms with Crippen molar-refractivity contribution < 1.29 is 4.74 Å². The molecule has 0 N–H and O–H groups in total. The van der Waals surface area contributed by atoms with E-state index >= 15 is 0 Å². The lowest BCUT2D eigenvalue weighted by atomic mass is 10.1. The Morgan fingerprint density at radius 3 is 2.50 bits per heavy atom. The van der Waals surface area contributed by atoms with Gasteiger partial charge in [-0.1, -0.05) is 25.5 Å². The molecule has 82 valence electrons. The highest BCUT2D eigenvalue weighted by molar-refractivity contribution is 5.31. The maximum absolute atomic E-state index is 5.65. The maximum Gasteiger partial charge on any atom is 0.145 e. The van der Waals surface area contributed by atoms with Crippen LogP contribution in [0.5, 0.6) is 11.5 Å². The van der Waals surface area contributed by atoms with Gasteiger partial charge < -0.3 is 4.74 Å². The molecule has 0 bridgehead atoms. The van der Waals surface area contributed by atoms with Gasteiger partial charge in [-0.05, 0) is 36.2 Å². The van der Waals surface area contributed by atoms with Gasteiger partial charge in [0.2, 0.25) is 0 Å². The fourth-order valence-corrected chi connectivity index (χ4v) is 1.56. The van der Waals surface area contributed by atoms with Crippen molar-refractivity contribution in [3.63, 3.8) is 0 Å². The zero-order valence-corrected chi connectivity index (χ0v) is 9.39. The predicted octanol–water partition coefficient (Wildman–Crippen LogP) is 3.83. The van der Waals surface area contributed by atoms with Crippen molar-refractivity contribution in [2.45, 2.75) is 19.8 Å². The Morgan fingerprint density at radius 2 is 1.88 bits per heavy atom. The van der Waals surface area contributed by atoms with Crippen molar-refractivity contribution in [3.8, 4) is 11.5 Å². The van der Waals surface area contributed by atoms with Crippen molar-refractivity contribution in [2.75, 3.05) is 0 Å². The molecule has 2 heteroatoms. The van der Waals surface area contributed by atoms with Gasteiger partial charge in [0.15, 0.2) is 0 Å². The molecule has 2 nitrogen and oxygen atoms in total. The number of aromatic nitrogens is 1. The molecule has 0 unspecified atom stereocenters. The Kier molecular flexibility index (Phi) is 3.54. The van der Waals surface area contributed by atoms with Crippen LogP contribution in [0.1, 0.15) is 18.9 Å². The summed E-state index contributed by atoms with van der Waals surface area (Å²) in [5.41, 5.74) is 1.35. The molecule has 0 aliphatic carbocycles. The van der Waals surface area contributed by atoms with Gasteiger partial charge in [0.25, 0.3) is 0 Å². The molecule has 1 aromatic carbocycles. The molecule has 0 fully saturated rings. The van der Waals surface area contributed by atoms with E-state index in [2.05, 4.69) is 24.0 Å². The highest BCUT2D eigenvalue weighted by Crippen LogP contribution is 2.20. The molecule has 16 heavy (non-hydrogen) atoms. The van der Waals surface area contributed by atoms with Crippen LogP contribution in [0.3, 0.4) is 0 Å². The second-order valence-electron chi connectivity index (χ2n) is 3.68. The number of benzene rings is 1. The van der Waals surface area contributed by atoms with Crippen molar-refractivity contribution in [1.29, 1.82) is 0 Å². The van der Waals surface area contributed by atoms with Crippen LogP contribution in [0, 0.1) is 0 Å². The largest absolute Gasteiger partial charge is 0.456 e. The maximum atomic E-state index is 5.65. The minimum absolute atomic E-state index is 0.769. The second kappa shape index (κ2) is 5.31. The van der Waals surface area contributed by atoms with Crippen molar-refractivity contribution in [2.24, 2.45) is 0 Å². The van der Waals surface area contributed by atoms with Gasteiger partial charge in [0, 0.05) is 6.20 Å². The summed E-state index contributed by atoms with van der Waals surface area (Å²) in [6, 6.07) is 12.0. The molecular weight excluding hydrogens is 198 g/mol. The average molecular weight is 213 g/mol. The van der Waals surface area contributed by atoms with Crippen LogP contribution in [-0.2, 0) is 6.42 Å². The van der Waals surface area contributed by atoms with E-state index in [0.29, 0.717) is 0 Å². The summed E-state index contributed by atoms with van der Waals surface area (Å²) in [6.45, 7) is 2.18. The lowest BCUT2D eigenvalue weighted by Crippen LogP contribution is -1.86. The van der Waals surface area contributed by atoms with Crippen LogP contribution in [-0.4, -0.2) is 4.98 Å². The molecule has 0 saturated heterocycles. The summed E-state index contributed by atoms with van der Waals surface area (Å²) in [5.74, 6) is 1.62. The average Bonchev–Trinajstić information content (AvgIpc) is 2.33. The van der Waals surface area contributed by atoms with E-state index in [1.807, 2.05) is 24.3 Å². The lowest BCUT2D eigenvalue weighted by molar-refractivity contribution is 0.480. The quantitative estimate of drug-likeness (QED) is 0.770. The molecule has 0 radical (unpaired) electrons. The summed E-state index contributed by atoms with van der Waals surface area (Å²) in [6.07, 6.45) is 5.73. The third kappa shape index (κ3) is 2.83. The van der Waals surface area contributed by atoms with Gasteiger partial charge in [-0.2, -0.15) is 0 Å². The van der Waals surface area contributed by atoms with E-state index in [0.717, 1.165) is 17.9 Å².